The summed E-state index contributed by atoms with van der Waals surface area (Å²) < 4.78 is 13.4. The van der Waals surface area contributed by atoms with E-state index in [1.807, 2.05) is 5.32 Å². The van der Waals surface area contributed by atoms with E-state index in [-0.39, 0.29) is 17.6 Å². The fourth-order valence-electron chi connectivity index (χ4n) is 3.65. The van der Waals surface area contributed by atoms with E-state index in [0.717, 1.165) is 25.0 Å². The number of hydrogen-bond donors (Lipinski definition) is 2. The molecule has 0 heterocycles. The Bertz CT molecular complexity index is 900. The molecule has 0 spiro atoms. The third-order valence-electron chi connectivity index (χ3n) is 5.30. The van der Waals surface area contributed by atoms with Gasteiger partial charge in [-0.05, 0) is 68.9 Å². The number of nitrogens with zero attached hydrogens (tertiary/aromatic N) is 1. The molecule has 0 bridgehead atoms. The number of hydrogen-bond acceptors (Lipinski definition) is 3. The molecule has 0 unspecified atom stereocenters. The normalized spacial score (nSPS) is 15.4. The predicted molar refractivity (Wildman–Crippen MR) is 105 cm³/mol. The van der Waals surface area contributed by atoms with E-state index in [2.05, 4.69) is 30.4 Å². The first-order valence-corrected chi connectivity index (χ1v) is 9.56. The second kappa shape index (κ2) is 8.48. The Hall–Kier alpha value is -2.80. The maximum Gasteiger partial charge on any atom is 0.306 e. The van der Waals surface area contributed by atoms with E-state index in [9.17, 15) is 19.3 Å². The van der Waals surface area contributed by atoms with Gasteiger partial charge in [0.05, 0.1) is 4.92 Å². The number of nitro groups is 1. The van der Waals surface area contributed by atoms with Crippen molar-refractivity contribution in [3.8, 4) is 0 Å². The van der Waals surface area contributed by atoms with Gasteiger partial charge in [0.25, 0.3) is 5.91 Å². The van der Waals surface area contributed by atoms with Crippen LogP contribution in [0.15, 0.2) is 36.4 Å². The third kappa shape index (κ3) is 4.54. The molecule has 0 saturated heterocycles. The fraction of sp³-hybridized carbons (Fsp3) is 0.381. The van der Waals surface area contributed by atoms with Crippen molar-refractivity contribution in [1.29, 1.82) is 0 Å². The van der Waals surface area contributed by atoms with Gasteiger partial charge in [0.1, 0.15) is 6.04 Å². The molecule has 3 rings (SSSR count). The SMILES string of the molecule is C[C@@H]([NH2+][C@H](C)c1ccc2c(c1)CCCC2)C(=O)Nc1ccc(F)c([N+](=O)[O-])c1. The standard InChI is InChI=1S/C21H24FN3O3/c1-13(16-8-7-15-5-3-4-6-17(15)11-16)23-14(2)21(26)24-18-9-10-19(22)20(12-18)25(27)28/h7-14,23H,3-6H2,1-2H3,(H,24,26)/p+1/t13-,14-/m1/s1. The maximum atomic E-state index is 13.4. The molecule has 2 aromatic rings. The van der Waals surface area contributed by atoms with Gasteiger partial charge in [-0.1, -0.05) is 12.1 Å². The zero-order valence-corrected chi connectivity index (χ0v) is 16.1. The Labute approximate surface area is 163 Å². The predicted octanol–water partition coefficient (Wildman–Crippen LogP) is 3.26. The zero-order chi connectivity index (χ0) is 20.3. The number of quaternary nitrogens is 1. The van der Waals surface area contributed by atoms with Crippen LogP contribution in [0.1, 0.15) is 49.4 Å². The van der Waals surface area contributed by atoms with Crippen LogP contribution in [0.4, 0.5) is 15.8 Å². The minimum atomic E-state index is -0.927. The topological polar surface area (TPSA) is 88.8 Å². The smallest absolute Gasteiger partial charge is 0.306 e. The first kappa shape index (κ1) is 19.9. The number of rotatable bonds is 6. The van der Waals surface area contributed by atoms with Gasteiger partial charge < -0.3 is 10.6 Å². The number of fused-ring (bicyclic) bond motifs is 1. The second-order valence-corrected chi connectivity index (χ2v) is 7.42. The average molecular weight is 386 g/mol. The van der Waals surface area contributed by atoms with Gasteiger partial charge in [-0.2, -0.15) is 4.39 Å². The van der Waals surface area contributed by atoms with Crippen molar-refractivity contribution >= 4 is 17.3 Å². The Morgan fingerprint density at radius 1 is 1.14 bits per heavy atom. The molecule has 1 aliphatic rings. The van der Waals surface area contributed by atoms with E-state index in [1.54, 1.807) is 6.92 Å². The molecule has 1 aliphatic carbocycles. The molecule has 0 fully saturated rings. The van der Waals surface area contributed by atoms with Crippen LogP contribution in [0, 0.1) is 15.9 Å². The van der Waals surface area contributed by atoms with E-state index >= 15 is 0 Å². The van der Waals surface area contributed by atoms with Crippen molar-refractivity contribution in [1.82, 2.24) is 0 Å². The summed E-state index contributed by atoms with van der Waals surface area (Å²) in [5, 5.41) is 15.4. The number of amides is 1. The molecule has 28 heavy (non-hydrogen) atoms. The molecular formula is C21H25FN3O3+. The van der Waals surface area contributed by atoms with Crippen LogP contribution < -0.4 is 10.6 Å². The number of nitro benzene ring substituents is 1. The third-order valence-corrected chi connectivity index (χ3v) is 5.30. The monoisotopic (exact) mass is 386 g/mol. The Balaban J connectivity index is 1.64. The number of anilines is 1. The van der Waals surface area contributed by atoms with Gasteiger partial charge >= 0.3 is 5.69 Å². The highest BCUT2D eigenvalue weighted by molar-refractivity contribution is 5.93. The van der Waals surface area contributed by atoms with Crippen molar-refractivity contribution in [3.05, 3.63) is 69.0 Å². The minimum absolute atomic E-state index is 0.0931. The highest BCUT2D eigenvalue weighted by atomic mass is 19.1. The quantitative estimate of drug-likeness (QED) is 0.590. The lowest BCUT2D eigenvalue weighted by atomic mass is 9.89. The van der Waals surface area contributed by atoms with Gasteiger partial charge in [-0.3, -0.25) is 14.9 Å². The van der Waals surface area contributed by atoms with Crippen LogP contribution in [0.2, 0.25) is 0 Å². The summed E-state index contributed by atoms with van der Waals surface area (Å²) in [6.07, 6.45) is 4.70. The summed E-state index contributed by atoms with van der Waals surface area (Å²) in [5.41, 5.74) is 3.56. The second-order valence-electron chi connectivity index (χ2n) is 7.42. The van der Waals surface area contributed by atoms with Gasteiger partial charge in [-0.25, -0.2) is 0 Å². The highest BCUT2D eigenvalue weighted by Gasteiger charge is 2.23. The maximum absolute atomic E-state index is 13.4. The number of halogens is 1. The fourth-order valence-corrected chi connectivity index (χ4v) is 3.65. The summed E-state index contributed by atoms with van der Waals surface area (Å²) in [6.45, 7) is 3.83. The molecule has 0 aliphatic heterocycles. The average Bonchev–Trinajstić information content (AvgIpc) is 2.68. The first-order valence-electron chi connectivity index (χ1n) is 9.56. The lowest BCUT2D eigenvalue weighted by molar-refractivity contribution is -0.709. The van der Waals surface area contributed by atoms with Crippen LogP contribution >= 0.6 is 0 Å². The van der Waals surface area contributed by atoms with E-state index < -0.39 is 22.5 Å². The Morgan fingerprint density at radius 3 is 2.57 bits per heavy atom. The Morgan fingerprint density at radius 2 is 1.86 bits per heavy atom. The van der Waals surface area contributed by atoms with Crippen molar-refractivity contribution in [2.75, 3.05) is 5.32 Å². The van der Waals surface area contributed by atoms with Gasteiger partial charge in [0.15, 0.2) is 6.04 Å². The van der Waals surface area contributed by atoms with Gasteiger partial charge in [0.2, 0.25) is 5.82 Å². The van der Waals surface area contributed by atoms with E-state index in [1.165, 1.54) is 35.6 Å². The molecule has 0 saturated carbocycles. The van der Waals surface area contributed by atoms with Crippen LogP contribution in [-0.4, -0.2) is 16.9 Å². The number of benzene rings is 2. The minimum Gasteiger partial charge on any atom is -0.330 e. The Kier molecular flexibility index (Phi) is 6.04. The molecule has 2 aromatic carbocycles. The molecule has 6 nitrogen and oxygen atoms in total. The van der Waals surface area contributed by atoms with Crippen molar-refractivity contribution in [2.24, 2.45) is 0 Å². The number of nitrogens with two attached hydrogens (primary N) is 1. The zero-order valence-electron chi connectivity index (χ0n) is 16.1. The molecule has 0 radical (unpaired) electrons. The molecule has 0 aromatic heterocycles. The molecule has 2 atom stereocenters. The lowest BCUT2D eigenvalue weighted by Gasteiger charge is -2.20. The van der Waals surface area contributed by atoms with Crippen LogP contribution in [0.25, 0.3) is 0 Å². The van der Waals surface area contributed by atoms with E-state index in [4.69, 9.17) is 0 Å². The van der Waals surface area contributed by atoms with Crippen molar-refractivity contribution < 1.29 is 19.4 Å². The van der Waals surface area contributed by atoms with Crippen molar-refractivity contribution in [2.45, 2.75) is 51.6 Å². The largest absolute Gasteiger partial charge is 0.330 e. The van der Waals surface area contributed by atoms with Gasteiger partial charge in [-0.15, -0.1) is 0 Å². The first-order chi connectivity index (χ1) is 13.3. The number of nitrogens with one attached hydrogen (secondary N) is 1. The van der Waals surface area contributed by atoms with Crippen LogP contribution in [-0.2, 0) is 17.6 Å². The summed E-state index contributed by atoms with van der Waals surface area (Å²) in [7, 11) is 0. The summed E-state index contributed by atoms with van der Waals surface area (Å²) in [4.78, 5) is 22.5. The molecule has 148 valence electrons. The molecule has 3 N–H and O–H groups in total. The number of carbonyl (C=O) groups is 1. The molecule has 1 amide bonds. The van der Waals surface area contributed by atoms with Crippen LogP contribution in [0.3, 0.4) is 0 Å². The van der Waals surface area contributed by atoms with E-state index in [0.29, 0.717) is 0 Å². The molecular weight excluding hydrogens is 361 g/mol. The summed E-state index contributed by atoms with van der Waals surface area (Å²) in [6, 6.07) is 9.58. The number of aryl methyl sites for hydroxylation is 2. The summed E-state index contributed by atoms with van der Waals surface area (Å²) in [5.74, 6) is -1.21. The highest BCUT2D eigenvalue weighted by Crippen LogP contribution is 2.24. The summed E-state index contributed by atoms with van der Waals surface area (Å²) >= 11 is 0. The lowest BCUT2D eigenvalue weighted by Crippen LogP contribution is -2.91. The van der Waals surface area contributed by atoms with Crippen molar-refractivity contribution in [3.63, 3.8) is 0 Å². The van der Waals surface area contributed by atoms with Crippen LogP contribution in [0.5, 0.6) is 0 Å². The van der Waals surface area contributed by atoms with Gasteiger partial charge in [0, 0.05) is 17.3 Å². The number of carbonyl (C=O) groups excluding carboxylic acids is 1. The molecule has 7 heteroatoms.